The van der Waals surface area contributed by atoms with Crippen LogP contribution in [0, 0.1) is 0 Å². The molecule has 0 atom stereocenters. The van der Waals surface area contributed by atoms with Crippen molar-refractivity contribution in [2.24, 2.45) is 0 Å². The van der Waals surface area contributed by atoms with Gasteiger partial charge in [-0.1, -0.05) is 0 Å². The molecule has 0 unspecified atom stereocenters. The summed E-state index contributed by atoms with van der Waals surface area (Å²) in [5, 5.41) is 0. The Kier molecular flexibility index (Phi) is 3.82. The first-order valence-corrected chi connectivity index (χ1v) is 11.6. The maximum absolute atomic E-state index is 9.62. The highest BCUT2D eigenvalue weighted by Gasteiger charge is 2.21. The molecule has 0 saturated heterocycles. The summed E-state index contributed by atoms with van der Waals surface area (Å²) in [7, 11) is -4.04. The molecule has 0 bridgehead atoms. The van der Waals surface area contributed by atoms with E-state index in [-0.39, 0.29) is 0 Å². The molecule has 1 aromatic rings. The van der Waals surface area contributed by atoms with Crippen LogP contribution in [-0.2, 0) is 0 Å². The van der Waals surface area contributed by atoms with Crippen LogP contribution in [0.4, 0.5) is 0 Å². The molecule has 0 fully saturated rings. The van der Waals surface area contributed by atoms with Crippen molar-refractivity contribution in [1.82, 2.24) is 0 Å². The number of rotatable bonds is 4. The highest BCUT2D eigenvalue weighted by atomic mass is 28.4. The largest absolute Gasteiger partial charge is 0.544 e. The lowest BCUT2D eigenvalue weighted by Gasteiger charge is -2.20. The van der Waals surface area contributed by atoms with Gasteiger partial charge in [0.2, 0.25) is 8.32 Å². The van der Waals surface area contributed by atoms with Gasteiger partial charge in [0.1, 0.15) is 11.5 Å². The SMILES string of the molecule is C[Si](C)(C)Oc1ccc(O[Si](C)(C)O)cc1. The molecule has 0 aliphatic carbocycles. The fourth-order valence-electron chi connectivity index (χ4n) is 1.22. The zero-order chi connectivity index (χ0) is 12.4. The van der Waals surface area contributed by atoms with Crippen LogP contribution in [0.15, 0.2) is 24.3 Å². The standard InChI is InChI=1S/C11H20O3Si2/c1-15(2,3)13-10-6-8-11(9-7-10)14-16(4,5)12/h6-9,12H,1-5H3. The van der Waals surface area contributed by atoms with Crippen molar-refractivity contribution >= 4 is 16.9 Å². The van der Waals surface area contributed by atoms with E-state index in [0.717, 1.165) is 5.75 Å². The summed E-state index contributed by atoms with van der Waals surface area (Å²) in [6, 6.07) is 7.43. The van der Waals surface area contributed by atoms with Gasteiger partial charge in [-0.05, 0) is 57.0 Å². The summed E-state index contributed by atoms with van der Waals surface area (Å²) in [6.07, 6.45) is 0. The molecule has 0 amide bonds. The molecule has 0 aromatic heterocycles. The van der Waals surface area contributed by atoms with E-state index in [2.05, 4.69) is 19.6 Å². The number of benzene rings is 1. The summed E-state index contributed by atoms with van der Waals surface area (Å²) >= 11 is 0. The van der Waals surface area contributed by atoms with Crippen molar-refractivity contribution in [2.75, 3.05) is 0 Å². The van der Waals surface area contributed by atoms with Crippen LogP contribution in [0.5, 0.6) is 11.5 Å². The van der Waals surface area contributed by atoms with Gasteiger partial charge in [-0.3, -0.25) is 0 Å². The third-order valence-electron chi connectivity index (χ3n) is 1.62. The minimum absolute atomic E-state index is 0.696. The van der Waals surface area contributed by atoms with E-state index in [1.54, 1.807) is 13.1 Å². The molecular weight excluding hydrogens is 236 g/mol. The number of hydrogen-bond acceptors (Lipinski definition) is 3. The molecule has 90 valence electrons. The van der Waals surface area contributed by atoms with E-state index in [0.29, 0.717) is 5.75 Å². The maximum atomic E-state index is 9.62. The van der Waals surface area contributed by atoms with Gasteiger partial charge in [0.25, 0.3) is 0 Å². The molecule has 0 aliphatic rings. The minimum atomic E-state index is -2.49. The topological polar surface area (TPSA) is 38.7 Å². The first-order chi connectivity index (χ1) is 7.16. The average Bonchev–Trinajstić information content (AvgIpc) is 2.03. The Balaban J connectivity index is 2.69. The monoisotopic (exact) mass is 256 g/mol. The summed E-state index contributed by atoms with van der Waals surface area (Å²) in [5.74, 6) is 1.56. The van der Waals surface area contributed by atoms with Gasteiger partial charge in [-0.15, -0.1) is 0 Å². The van der Waals surface area contributed by atoms with Crippen molar-refractivity contribution in [3.05, 3.63) is 24.3 Å². The third-order valence-corrected chi connectivity index (χ3v) is 3.20. The van der Waals surface area contributed by atoms with E-state index in [1.165, 1.54) is 0 Å². The van der Waals surface area contributed by atoms with Gasteiger partial charge in [0.15, 0.2) is 0 Å². The van der Waals surface area contributed by atoms with Crippen LogP contribution in [0.25, 0.3) is 0 Å². The van der Waals surface area contributed by atoms with Crippen LogP contribution in [-0.4, -0.2) is 21.7 Å². The van der Waals surface area contributed by atoms with Crippen LogP contribution >= 0.6 is 0 Å². The molecular formula is C11H20O3Si2. The van der Waals surface area contributed by atoms with Crippen molar-refractivity contribution in [3.63, 3.8) is 0 Å². The summed E-state index contributed by atoms with van der Waals surface area (Å²) in [4.78, 5) is 9.62. The van der Waals surface area contributed by atoms with E-state index in [1.807, 2.05) is 24.3 Å². The lowest BCUT2D eigenvalue weighted by Crippen LogP contribution is -2.33. The molecule has 3 nitrogen and oxygen atoms in total. The first-order valence-electron chi connectivity index (χ1n) is 5.36. The van der Waals surface area contributed by atoms with Crippen molar-refractivity contribution < 1.29 is 13.6 Å². The van der Waals surface area contributed by atoms with E-state index < -0.39 is 16.9 Å². The molecule has 0 heterocycles. The molecule has 0 saturated carbocycles. The molecule has 1 aromatic carbocycles. The van der Waals surface area contributed by atoms with E-state index in [4.69, 9.17) is 8.85 Å². The van der Waals surface area contributed by atoms with Gasteiger partial charge in [0.05, 0.1) is 0 Å². The van der Waals surface area contributed by atoms with Crippen LogP contribution in [0.2, 0.25) is 32.7 Å². The Morgan fingerprint density at radius 2 is 1.19 bits per heavy atom. The zero-order valence-corrected chi connectivity index (χ0v) is 12.6. The molecule has 5 heteroatoms. The van der Waals surface area contributed by atoms with Gasteiger partial charge in [-0.2, -0.15) is 0 Å². The summed E-state index contributed by atoms with van der Waals surface area (Å²) < 4.78 is 11.3. The second-order valence-electron chi connectivity index (χ2n) is 5.23. The molecule has 16 heavy (non-hydrogen) atoms. The lowest BCUT2D eigenvalue weighted by atomic mass is 10.3. The van der Waals surface area contributed by atoms with E-state index in [9.17, 15) is 4.80 Å². The second kappa shape index (κ2) is 4.61. The third kappa shape index (κ3) is 5.34. The minimum Gasteiger partial charge on any atom is -0.544 e. The van der Waals surface area contributed by atoms with Crippen LogP contribution in [0.1, 0.15) is 0 Å². The quantitative estimate of drug-likeness (QED) is 0.842. The first kappa shape index (κ1) is 13.3. The average molecular weight is 256 g/mol. The Labute approximate surface area is 99.4 Å². The highest BCUT2D eigenvalue weighted by Crippen LogP contribution is 2.21. The molecule has 0 radical (unpaired) electrons. The maximum Gasteiger partial charge on any atom is 0.389 e. The van der Waals surface area contributed by atoms with Gasteiger partial charge in [0, 0.05) is 0 Å². The summed E-state index contributed by atoms with van der Waals surface area (Å²) in [6.45, 7) is 9.89. The fourth-order valence-corrected chi connectivity index (χ4v) is 2.77. The summed E-state index contributed by atoms with van der Waals surface area (Å²) in [5.41, 5.74) is 0. The highest BCUT2D eigenvalue weighted by molar-refractivity contribution is 6.70. The van der Waals surface area contributed by atoms with Gasteiger partial charge in [-0.25, -0.2) is 0 Å². The molecule has 0 aliphatic heterocycles. The molecule has 1 N–H and O–H groups in total. The van der Waals surface area contributed by atoms with Crippen LogP contribution in [0.3, 0.4) is 0 Å². The normalized spacial score (nSPS) is 12.4. The van der Waals surface area contributed by atoms with Crippen molar-refractivity contribution in [1.29, 1.82) is 0 Å². The van der Waals surface area contributed by atoms with Gasteiger partial charge < -0.3 is 13.6 Å². The Bertz CT molecular complexity index is 301. The Morgan fingerprint density at radius 1 is 0.812 bits per heavy atom. The van der Waals surface area contributed by atoms with E-state index >= 15 is 0 Å². The van der Waals surface area contributed by atoms with Crippen molar-refractivity contribution in [3.8, 4) is 11.5 Å². The Morgan fingerprint density at radius 3 is 1.50 bits per heavy atom. The Hall–Kier alpha value is -0.786. The van der Waals surface area contributed by atoms with Crippen molar-refractivity contribution in [2.45, 2.75) is 32.7 Å². The number of hydrogen-bond donors (Lipinski definition) is 1. The van der Waals surface area contributed by atoms with Crippen LogP contribution < -0.4 is 8.85 Å². The smallest absolute Gasteiger partial charge is 0.389 e. The van der Waals surface area contributed by atoms with Gasteiger partial charge >= 0.3 is 8.56 Å². The molecule has 0 spiro atoms. The molecule has 1 rings (SSSR count). The zero-order valence-electron chi connectivity index (χ0n) is 10.6. The second-order valence-corrected chi connectivity index (χ2v) is 12.8. The fraction of sp³-hybridized carbons (Fsp3) is 0.455. The predicted molar refractivity (Wildman–Crippen MR) is 70.7 cm³/mol. The lowest BCUT2D eigenvalue weighted by molar-refractivity contribution is 0.390. The predicted octanol–water partition coefficient (Wildman–Crippen LogP) is 2.97.